The molecule has 1 aromatic heterocycles. The van der Waals surface area contributed by atoms with Gasteiger partial charge >= 0.3 is 0 Å². The minimum absolute atomic E-state index is 0.0867. The average molecular weight is 259 g/mol. The fraction of sp³-hybridized carbons (Fsp3) is 0. The minimum Gasteiger partial charge on any atom is -0.258 e. The highest BCUT2D eigenvalue weighted by molar-refractivity contribution is 9.10. The van der Waals surface area contributed by atoms with E-state index in [9.17, 15) is 10.1 Å². The van der Waals surface area contributed by atoms with Crippen molar-refractivity contribution in [3.8, 4) is 0 Å². The third kappa shape index (κ3) is 1.42. The molecule has 0 radical (unpaired) electrons. The number of halogens is 1. The molecule has 0 spiro atoms. The van der Waals surface area contributed by atoms with Gasteiger partial charge in [0.25, 0.3) is 5.69 Å². The molecule has 0 bridgehead atoms. The van der Waals surface area contributed by atoms with Crippen LogP contribution in [0.3, 0.4) is 0 Å². The molecule has 0 unspecified atom stereocenters. The van der Waals surface area contributed by atoms with E-state index in [1.807, 2.05) is 0 Å². The van der Waals surface area contributed by atoms with Crippen LogP contribution >= 0.6 is 27.3 Å². The number of aromatic nitrogens is 1. The zero-order valence-electron chi connectivity index (χ0n) is 6.23. The third-order valence-corrected chi connectivity index (χ3v) is 2.97. The second-order valence-electron chi connectivity index (χ2n) is 2.38. The first-order valence-electron chi connectivity index (χ1n) is 3.35. The Morgan fingerprint density at radius 2 is 2.31 bits per heavy atom. The Hall–Kier alpha value is -1.01. The van der Waals surface area contributed by atoms with E-state index in [2.05, 4.69) is 20.9 Å². The van der Waals surface area contributed by atoms with E-state index in [1.54, 1.807) is 5.51 Å². The fourth-order valence-electron chi connectivity index (χ4n) is 1.02. The van der Waals surface area contributed by atoms with Gasteiger partial charge in [0.05, 0.1) is 25.1 Å². The number of thiazole rings is 1. The summed E-state index contributed by atoms with van der Waals surface area (Å²) < 4.78 is 1.49. The zero-order chi connectivity index (χ0) is 9.42. The van der Waals surface area contributed by atoms with E-state index in [1.165, 1.54) is 23.5 Å². The number of hydrogen-bond acceptors (Lipinski definition) is 4. The van der Waals surface area contributed by atoms with Crippen LogP contribution in [0.1, 0.15) is 0 Å². The molecule has 2 rings (SSSR count). The maximum atomic E-state index is 10.5. The number of non-ortho nitro benzene ring substituents is 1. The highest BCUT2D eigenvalue weighted by atomic mass is 79.9. The van der Waals surface area contributed by atoms with Crippen LogP contribution < -0.4 is 0 Å². The van der Waals surface area contributed by atoms with E-state index in [-0.39, 0.29) is 5.69 Å². The molecule has 2 aromatic rings. The number of nitro benzene ring substituents is 1. The molecule has 0 amide bonds. The largest absolute Gasteiger partial charge is 0.272 e. The lowest BCUT2D eigenvalue weighted by Crippen LogP contribution is -1.87. The van der Waals surface area contributed by atoms with Crippen LogP contribution in [0.15, 0.2) is 22.1 Å². The summed E-state index contributed by atoms with van der Waals surface area (Å²) in [5, 5.41) is 10.5. The van der Waals surface area contributed by atoms with Crippen molar-refractivity contribution in [1.29, 1.82) is 0 Å². The van der Waals surface area contributed by atoms with Crippen molar-refractivity contribution in [2.75, 3.05) is 0 Å². The second kappa shape index (κ2) is 3.04. The lowest BCUT2D eigenvalue weighted by atomic mass is 10.3. The summed E-state index contributed by atoms with van der Waals surface area (Å²) in [7, 11) is 0. The average Bonchev–Trinajstić information content (AvgIpc) is 2.51. The van der Waals surface area contributed by atoms with Gasteiger partial charge in [0, 0.05) is 12.1 Å². The topological polar surface area (TPSA) is 56.0 Å². The summed E-state index contributed by atoms with van der Waals surface area (Å²) in [5.74, 6) is 0. The van der Waals surface area contributed by atoms with Crippen LogP contribution in [0, 0.1) is 10.1 Å². The molecule has 0 aliphatic rings. The summed E-state index contributed by atoms with van der Waals surface area (Å²) >= 11 is 4.62. The SMILES string of the molecule is O=[N+]([O-])c1cc(Br)c2ncsc2c1. The third-order valence-electron chi connectivity index (χ3n) is 1.59. The standard InChI is InChI=1S/C7H3BrN2O2S/c8-5-1-4(10(11)12)2-6-7(5)9-3-13-6/h1-3H. The summed E-state index contributed by atoms with van der Waals surface area (Å²) in [6.07, 6.45) is 0. The molecule has 0 saturated carbocycles. The Bertz CT molecular complexity index is 482. The van der Waals surface area contributed by atoms with Crippen molar-refractivity contribution < 1.29 is 4.92 Å². The molecule has 13 heavy (non-hydrogen) atoms. The molecular formula is C7H3BrN2O2S. The predicted molar refractivity (Wildman–Crippen MR) is 54.0 cm³/mol. The van der Waals surface area contributed by atoms with Crippen molar-refractivity contribution in [1.82, 2.24) is 4.98 Å². The molecule has 0 saturated heterocycles. The van der Waals surface area contributed by atoms with Gasteiger partial charge in [0.1, 0.15) is 0 Å². The lowest BCUT2D eigenvalue weighted by molar-refractivity contribution is -0.384. The maximum absolute atomic E-state index is 10.5. The first kappa shape index (κ1) is 8.58. The van der Waals surface area contributed by atoms with Crippen molar-refractivity contribution in [3.63, 3.8) is 0 Å². The van der Waals surface area contributed by atoms with Crippen molar-refractivity contribution in [3.05, 3.63) is 32.2 Å². The van der Waals surface area contributed by atoms with Gasteiger partial charge in [-0.05, 0) is 15.9 Å². The lowest BCUT2D eigenvalue weighted by Gasteiger charge is -1.93. The smallest absolute Gasteiger partial charge is 0.258 e. The van der Waals surface area contributed by atoms with E-state index < -0.39 is 4.92 Å². The highest BCUT2D eigenvalue weighted by Crippen LogP contribution is 2.30. The van der Waals surface area contributed by atoms with Gasteiger partial charge in [-0.2, -0.15) is 0 Å². The Kier molecular flexibility index (Phi) is 2.01. The molecule has 0 atom stereocenters. The number of benzene rings is 1. The summed E-state index contributed by atoms with van der Waals surface area (Å²) in [5.41, 5.74) is 2.53. The molecule has 4 nitrogen and oxygen atoms in total. The highest BCUT2D eigenvalue weighted by Gasteiger charge is 2.11. The Morgan fingerprint density at radius 3 is 3.00 bits per heavy atom. The molecule has 0 aliphatic heterocycles. The number of hydrogen-bond donors (Lipinski definition) is 0. The summed E-state index contributed by atoms with van der Waals surface area (Å²) in [6.45, 7) is 0. The molecule has 0 N–H and O–H groups in total. The molecule has 6 heteroatoms. The summed E-state index contributed by atoms with van der Waals surface area (Å²) in [4.78, 5) is 14.1. The minimum atomic E-state index is -0.413. The molecule has 0 fully saturated rings. The molecular weight excluding hydrogens is 256 g/mol. The summed E-state index contributed by atoms with van der Waals surface area (Å²) in [6, 6.07) is 2.99. The Morgan fingerprint density at radius 1 is 1.54 bits per heavy atom. The number of nitro groups is 1. The van der Waals surface area contributed by atoms with Gasteiger partial charge in [0.2, 0.25) is 0 Å². The normalized spacial score (nSPS) is 10.5. The van der Waals surface area contributed by atoms with Crippen molar-refractivity contribution in [2.45, 2.75) is 0 Å². The van der Waals surface area contributed by atoms with Gasteiger partial charge in [-0.1, -0.05) is 0 Å². The Balaban J connectivity index is 2.77. The van der Waals surface area contributed by atoms with Gasteiger partial charge in [-0.3, -0.25) is 10.1 Å². The number of nitrogens with zero attached hydrogens (tertiary/aromatic N) is 2. The van der Waals surface area contributed by atoms with Crippen molar-refractivity contribution in [2.24, 2.45) is 0 Å². The second-order valence-corrected chi connectivity index (χ2v) is 4.12. The van der Waals surface area contributed by atoms with E-state index in [4.69, 9.17) is 0 Å². The van der Waals surface area contributed by atoms with Crippen LogP contribution in [0.4, 0.5) is 5.69 Å². The van der Waals surface area contributed by atoms with E-state index in [0.29, 0.717) is 4.47 Å². The number of rotatable bonds is 1. The van der Waals surface area contributed by atoms with E-state index in [0.717, 1.165) is 10.2 Å². The first-order valence-corrected chi connectivity index (χ1v) is 5.03. The molecule has 1 aromatic carbocycles. The molecule has 1 heterocycles. The maximum Gasteiger partial charge on any atom is 0.272 e. The van der Waals surface area contributed by atoms with Crippen LogP contribution in [-0.4, -0.2) is 9.91 Å². The monoisotopic (exact) mass is 258 g/mol. The molecule has 0 aliphatic carbocycles. The van der Waals surface area contributed by atoms with Gasteiger partial charge < -0.3 is 0 Å². The van der Waals surface area contributed by atoms with Crippen LogP contribution in [0.2, 0.25) is 0 Å². The Labute approximate surface area is 85.5 Å². The van der Waals surface area contributed by atoms with Crippen LogP contribution in [-0.2, 0) is 0 Å². The van der Waals surface area contributed by atoms with Gasteiger partial charge in [0.15, 0.2) is 0 Å². The van der Waals surface area contributed by atoms with Crippen LogP contribution in [0.5, 0.6) is 0 Å². The van der Waals surface area contributed by atoms with Gasteiger partial charge in [-0.25, -0.2) is 4.98 Å². The quantitative estimate of drug-likeness (QED) is 0.584. The van der Waals surface area contributed by atoms with Crippen LogP contribution in [0.25, 0.3) is 10.2 Å². The zero-order valence-corrected chi connectivity index (χ0v) is 8.63. The van der Waals surface area contributed by atoms with Gasteiger partial charge in [-0.15, -0.1) is 11.3 Å². The fourth-order valence-corrected chi connectivity index (χ4v) is 2.43. The first-order chi connectivity index (χ1) is 6.18. The predicted octanol–water partition coefficient (Wildman–Crippen LogP) is 2.97. The van der Waals surface area contributed by atoms with Crippen molar-refractivity contribution >= 4 is 43.2 Å². The van der Waals surface area contributed by atoms with E-state index >= 15 is 0 Å². The molecule has 66 valence electrons. The number of fused-ring (bicyclic) bond motifs is 1.